The molecule has 1 aromatic rings. The number of carboxylic acid groups (broad SMARTS) is 1. The zero-order chi connectivity index (χ0) is 12.1. The number of hydrogen-bond donors (Lipinski definition) is 3. The van der Waals surface area contributed by atoms with Gasteiger partial charge in [0.25, 0.3) is 0 Å². The van der Waals surface area contributed by atoms with Gasteiger partial charge >= 0.3 is 5.97 Å². The van der Waals surface area contributed by atoms with E-state index in [4.69, 9.17) is 5.11 Å². The highest BCUT2D eigenvalue weighted by atomic mass is 79.9. The molecule has 5 heteroatoms. The minimum Gasteiger partial charge on any atom is -0.479 e. The average molecular weight is 305 g/mol. The van der Waals surface area contributed by atoms with E-state index in [-0.39, 0.29) is 0 Å². The van der Waals surface area contributed by atoms with Crippen molar-refractivity contribution in [1.82, 2.24) is 0 Å². The molecule has 0 radical (unpaired) electrons. The third-order valence-electron chi connectivity index (χ3n) is 2.24. The highest BCUT2D eigenvalue weighted by molar-refractivity contribution is 9.09. The summed E-state index contributed by atoms with van der Waals surface area (Å²) in [6.07, 6.45) is 0.401. The van der Waals surface area contributed by atoms with Crippen LogP contribution in [-0.2, 0) is 11.2 Å². The predicted octanol–water partition coefficient (Wildman–Crippen LogP) is 2.42. The van der Waals surface area contributed by atoms with Crippen molar-refractivity contribution in [1.29, 1.82) is 0 Å². The zero-order valence-electron chi connectivity index (χ0n) is 8.56. The zero-order valence-corrected chi connectivity index (χ0v) is 11.0. The van der Waals surface area contributed by atoms with E-state index in [0.717, 1.165) is 28.6 Å². The Morgan fingerprint density at radius 3 is 2.69 bits per heavy atom. The first kappa shape index (κ1) is 13.5. The van der Waals surface area contributed by atoms with Gasteiger partial charge in [0.15, 0.2) is 6.10 Å². The molecule has 16 heavy (non-hydrogen) atoms. The number of aliphatic hydroxyl groups excluding tert-OH is 1. The Bertz CT molecular complexity index is 381. The van der Waals surface area contributed by atoms with Crippen LogP contribution in [-0.4, -0.2) is 21.5 Å². The van der Waals surface area contributed by atoms with Gasteiger partial charge in [-0.1, -0.05) is 28.1 Å². The fourth-order valence-corrected chi connectivity index (χ4v) is 1.98. The maximum absolute atomic E-state index is 10.6. The van der Waals surface area contributed by atoms with Gasteiger partial charge < -0.3 is 10.2 Å². The molecule has 1 aromatic carbocycles. The van der Waals surface area contributed by atoms with Crippen LogP contribution in [0.15, 0.2) is 23.1 Å². The normalized spacial score (nSPS) is 12.4. The molecule has 2 N–H and O–H groups in total. The number of alkyl halides is 1. The van der Waals surface area contributed by atoms with Crippen molar-refractivity contribution < 1.29 is 15.0 Å². The summed E-state index contributed by atoms with van der Waals surface area (Å²) in [5, 5.41) is 18.9. The molecule has 0 aliphatic rings. The molecule has 0 amide bonds. The summed E-state index contributed by atoms with van der Waals surface area (Å²) in [5.74, 6) is -1.25. The number of carbonyl (C=O) groups is 1. The maximum atomic E-state index is 10.6. The van der Waals surface area contributed by atoms with Crippen LogP contribution in [0.1, 0.15) is 23.7 Å². The van der Waals surface area contributed by atoms with Crippen molar-refractivity contribution >= 4 is 34.5 Å². The van der Waals surface area contributed by atoms with Crippen LogP contribution in [0.3, 0.4) is 0 Å². The van der Waals surface area contributed by atoms with Gasteiger partial charge in [-0.15, -0.1) is 12.6 Å². The number of aliphatic carboxylic acids is 1. The minimum atomic E-state index is -1.48. The lowest BCUT2D eigenvalue weighted by Crippen LogP contribution is -2.10. The number of rotatable bonds is 5. The highest BCUT2D eigenvalue weighted by Crippen LogP contribution is 2.22. The molecule has 0 aliphatic carbocycles. The van der Waals surface area contributed by atoms with Crippen molar-refractivity contribution in [2.45, 2.75) is 23.8 Å². The van der Waals surface area contributed by atoms with E-state index in [1.807, 2.05) is 6.07 Å². The van der Waals surface area contributed by atoms with E-state index in [2.05, 4.69) is 28.6 Å². The molecule has 0 aliphatic heterocycles. The molecule has 88 valence electrons. The predicted molar refractivity (Wildman–Crippen MR) is 68.4 cm³/mol. The molecule has 0 bridgehead atoms. The largest absolute Gasteiger partial charge is 0.479 e. The molecule has 0 heterocycles. The summed E-state index contributed by atoms with van der Waals surface area (Å²) >= 11 is 7.63. The van der Waals surface area contributed by atoms with Gasteiger partial charge in [-0.25, -0.2) is 4.79 Å². The topological polar surface area (TPSA) is 57.5 Å². The Morgan fingerprint density at radius 2 is 2.19 bits per heavy atom. The fraction of sp³-hybridized carbons (Fsp3) is 0.364. The van der Waals surface area contributed by atoms with Crippen molar-refractivity contribution in [3.05, 3.63) is 29.3 Å². The molecule has 0 fully saturated rings. The molecule has 0 saturated heterocycles. The minimum absolute atomic E-state index is 0.361. The molecule has 0 aromatic heterocycles. The van der Waals surface area contributed by atoms with Crippen molar-refractivity contribution in [3.63, 3.8) is 0 Å². The fourth-order valence-electron chi connectivity index (χ4n) is 1.36. The van der Waals surface area contributed by atoms with Crippen LogP contribution in [0.4, 0.5) is 0 Å². The van der Waals surface area contributed by atoms with E-state index in [1.165, 1.54) is 0 Å². The molecule has 3 nitrogen and oxygen atoms in total. The van der Waals surface area contributed by atoms with E-state index in [9.17, 15) is 9.90 Å². The number of carboxylic acids is 1. The van der Waals surface area contributed by atoms with E-state index in [1.54, 1.807) is 12.1 Å². The summed E-state index contributed by atoms with van der Waals surface area (Å²) in [6, 6.07) is 5.04. The molecular weight excluding hydrogens is 292 g/mol. The second kappa shape index (κ2) is 6.27. The van der Waals surface area contributed by atoms with Gasteiger partial charge in [0.1, 0.15) is 0 Å². The monoisotopic (exact) mass is 304 g/mol. The molecule has 1 atom stereocenters. The average Bonchev–Trinajstić information content (AvgIpc) is 2.26. The summed E-state index contributed by atoms with van der Waals surface area (Å²) in [4.78, 5) is 11.3. The Morgan fingerprint density at radius 1 is 1.50 bits per heavy atom. The number of aryl methyl sites for hydroxylation is 1. The smallest absolute Gasteiger partial charge is 0.337 e. The lowest BCUT2D eigenvalue weighted by atomic mass is 10.0. The first-order chi connectivity index (χ1) is 7.56. The third-order valence-corrected chi connectivity index (χ3v) is 3.22. The van der Waals surface area contributed by atoms with Gasteiger partial charge in [0, 0.05) is 10.2 Å². The lowest BCUT2D eigenvalue weighted by Gasteiger charge is -2.09. The molecular formula is C11H13BrO3S. The van der Waals surface area contributed by atoms with Crippen LogP contribution in [0.5, 0.6) is 0 Å². The van der Waals surface area contributed by atoms with Gasteiger partial charge in [-0.3, -0.25) is 0 Å². The van der Waals surface area contributed by atoms with E-state index >= 15 is 0 Å². The molecule has 0 spiro atoms. The first-order valence-corrected chi connectivity index (χ1v) is 6.41. The van der Waals surface area contributed by atoms with Gasteiger partial charge in [0.2, 0.25) is 0 Å². The summed E-state index contributed by atoms with van der Waals surface area (Å²) < 4.78 is 0. The van der Waals surface area contributed by atoms with Crippen LogP contribution in [0, 0.1) is 0 Å². The van der Waals surface area contributed by atoms with Crippen molar-refractivity contribution in [2.24, 2.45) is 0 Å². The first-order valence-electron chi connectivity index (χ1n) is 4.85. The van der Waals surface area contributed by atoms with Gasteiger partial charge in [0.05, 0.1) is 0 Å². The quantitative estimate of drug-likeness (QED) is 0.578. The van der Waals surface area contributed by atoms with Crippen LogP contribution >= 0.6 is 28.6 Å². The Hall–Kier alpha value is -0.520. The SMILES string of the molecule is O=C(O)C(O)c1ccc(CCCBr)c(S)c1. The summed E-state index contributed by atoms with van der Waals surface area (Å²) in [6.45, 7) is 0. The van der Waals surface area contributed by atoms with Crippen LogP contribution < -0.4 is 0 Å². The van der Waals surface area contributed by atoms with Crippen LogP contribution in [0.2, 0.25) is 0 Å². The van der Waals surface area contributed by atoms with Crippen LogP contribution in [0.25, 0.3) is 0 Å². The second-order valence-corrected chi connectivity index (χ2v) is 4.70. The summed E-state index contributed by atoms with van der Waals surface area (Å²) in [7, 11) is 0. The standard InChI is InChI=1S/C11H13BrO3S/c12-5-1-2-7-3-4-8(6-9(7)16)10(13)11(14)15/h3-4,6,10,13,16H,1-2,5H2,(H,14,15). The second-order valence-electron chi connectivity index (χ2n) is 3.42. The number of halogens is 1. The van der Waals surface area contributed by atoms with Gasteiger partial charge in [-0.2, -0.15) is 0 Å². The highest BCUT2D eigenvalue weighted by Gasteiger charge is 2.16. The van der Waals surface area contributed by atoms with Crippen molar-refractivity contribution in [2.75, 3.05) is 5.33 Å². The number of hydrogen-bond acceptors (Lipinski definition) is 3. The lowest BCUT2D eigenvalue weighted by molar-refractivity contribution is -0.146. The Balaban J connectivity index is 2.86. The molecule has 1 unspecified atom stereocenters. The maximum Gasteiger partial charge on any atom is 0.337 e. The Labute approximate surface area is 108 Å². The number of aliphatic hydroxyl groups is 1. The van der Waals surface area contributed by atoms with E-state index < -0.39 is 12.1 Å². The number of thiol groups is 1. The Kier molecular flexibility index (Phi) is 5.31. The van der Waals surface area contributed by atoms with E-state index in [0.29, 0.717) is 5.56 Å². The summed E-state index contributed by atoms with van der Waals surface area (Å²) in [5.41, 5.74) is 1.42. The number of benzene rings is 1. The molecule has 0 saturated carbocycles. The van der Waals surface area contributed by atoms with Crippen molar-refractivity contribution in [3.8, 4) is 0 Å². The third kappa shape index (κ3) is 3.50. The molecule has 1 rings (SSSR count). The van der Waals surface area contributed by atoms with Gasteiger partial charge in [-0.05, 0) is 30.0 Å².